The van der Waals surface area contributed by atoms with E-state index >= 15 is 0 Å². The van der Waals surface area contributed by atoms with Gasteiger partial charge in [-0.2, -0.15) is 0 Å². The van der Waals surface area contributed by atoms with Crippen molar-refractivity contribution < 1.29 is 23.8 Å². The van der Waals surface area contributed by atoms with E-state index in [0.29, 0.717) is 23.1 Å². The number of amides is 1. The Kier molecular flexibility index (Phi) is 4.62. The fourth-order valence-electron chi connectivity index (χ4n) is 2.82. The van der Waals surface area contributed by atoms with Gasteiger partial charge in [0.2, 0.25) is 0 Å². The summed E-state index contributed by atoms with van der Waals surface area (Å²) < 4.78 is 18.3. The molecule has 134 valence electrons. The third-order valence-corrected chi connectivity index (χ3v) is 4.10. The number of carboxylic acids is 1. The number of nitrogens with one attached hydrogen (secondary N) is 1. The molecule has 0 spiro atoms. The third kappa shape index (κ3) is 3.37. The first-order valence-electron chi connectivity index (χ1n) is 7.83. The number of halogens is 1. The molecule has 0 unspecified atom stereocenters. The van der Waals surface area contributed by atoms with Crippen molar-refractivity contribution in [3.63, 3.8) is 0 Å². The van der Waals surface area contributed by atoms with Gasteiger partial charge < -0.3 is 19.7 Å². The molecule has 0 aliphatic rings. The van der Waals surface area contributed by atoms with Crippen molar-refractivity contribution in [3.05, 3.63) is 59.4 Å². The van der Waals surface area contributed by atoms with Crippen LogP contribution in [0.1, 0.15) is 15.9 Å². The van der Waals surface area contributed by atoms with Crippen LogP contribution in [0.15, 0.2) is 42.5 Å². The lowest BCUT2D eigenvalue weighted by molar-refractivity contribution is 0.0698. The van der Waals surface area contributed by atoms with Gasteiger partial charge in [0.25, 0.3) is 0 Å². The highest BCUT2D eigenvalue weighted by molar-refractivity contribution is 6.04. The fraction of sp³-hybridized carbons (Fsp3) is 0.158. The van der Waals surface area contributed by atoms with Crippen molar-refractivity contribution in [3.8, 4) is 11.3 Å². The maximum absolute atomic E-state index is 13.6. The van der Waals surface area contributed by atoms with Gasteiger partial charge in [-0.15, -0.1) is 0 Å². The first-order valence-corrected chi connectivity index (χ1v) is 7.83. The van der Waals surface area contributed by atoms with E-state index in [4.69, 9.17) is 0 Å². The van der Waals surface area contributed by atoms with Gasteiger partial charge in [-0.3, -0.25) is 0 Å². The number of nitrogens with zero attached hydrogens (tertiary/aromatic N) is 1. The van der Waals surface area contributed by atoms with Crippen LogP contribution in [0.5, 0.6) is 0 Å². The lowest BCUT2D eigenvalue weighted by Crippen LogP contribution is -2.25. The average molecular weight is 356 g/mol. The van der Waals surface area contributed by atoms with Crippen LogP contribution in [-0.4, -0.2) is 41.2 Å². The highest BCUT2D eigenvalue weighted by Crippen LogP contribution is 2.28. The Morgan fingerprint density at radius 2 is 1.88 bits per heavy atom. The van der Waals surface area contributed by atoms with E-state index in [2.05, 4.69) is 9.72 Å². The van der Waals surface area contributed by atoms with Crippen molar-refractivity contribution in [2.45, 2.75) is 6.54 Å². The highest BCUT2D eigenvalue weighted by atomic mass is 19.1. The quantitative estimate of drug-likeness (QED) is 0.743. The van der Waals surface area contributed by atoms with Crippen LogP contribution in [-0.2, 0) is 11.3 Å². The van der Waals surface area contributed by atoms with Gasteiger partial charge in [-0.25, -0.2) is 14.0 Å². The molecule has 0 saturated heterocycles. The number of fused-ring (bicyclic) bond motifs is 1. The molecule has 0 radical (unpaired) electrons. The summed E-state index contributed by atoms with van der Waals surface area (Å²) in [5.74, 6) is -1.79. The monoisotopic (exact) mass is 356 g/mol. The molecule has 1 amide bonds. The molecule has 1 aromatic heterocycles. The number of aromatic carboxylic acids is 1. The van der Waals surface area contributed by atoms with Crippen LogP contribution in [0.2, 0.25) is 0 Å². The molecule has 2 aromatic carbocycles. The fourth-order valence-corrected chi connectivity index (χ4v) is 2.82. The maximum atomic E-state index is 13.6. The number of carboxylic acid groups (broad SMARTS) is 1. The molecule has 0 aliphatic heterocycles. The van der Waals surface area contributed by atoms with Crippen LogP contribution in [0.25, 0.3) is 22.2 Å². The molecule has 0 saturated carbocycles. The van der Waals surface area contributed by atoms with E-state index in [9.17, 15) is 19.1 Å². The summed E-state index contributed by atoms with van der Waals surface area (Å²) in [6, 6.07) is 11.4. The summed E-state index contributed by atoms with van der Waals surface area (Å²) >= 11 is 0. The molecule has 3 aromatic rings. The number of rotatable bonds is 4. The minimum absolute atomic E-state index is 0.0844. The SMILES string of the molecule is COC(=O)N(C)Cc1ccc(-c2cc3c(C(=O)O)cc(F)cc3[nH]2)cc1. The third-order valence-electron chi connectivity index (χ3n) is 4.10. The van der Waals surface area contributed by atoms with Crippen LogP contribution < -0.4 is 0 Å². The molecule has 0 aliphatic carbocycles. The normalized spacial score (nSPS) is 10.7. The maximum Gasteiger partial charge on any atom is 0.409 e. The molecule has 0 atom stereocenters. The van der Waals surface area contributed by atoms with Gasteiger partial charge in [0.1, 0.15) is 5.82 Å². The van der Waals surface area contributed by atoms with Gasteiger partial charge >= 0.3 is 12.1 Å². The molecule has 2 N–H and O–H groups in total. The van der Waals surface area contributed by atoms with Crippen molar-refractivity contribution in [1.82, 2.24) is 9.88 Å². The Balaban J connectivity index is 1.91. The first-order chi connectivity index (χ1) is 12.4. The zero-order valence-corrected chi connectivity index (χ0v) is 14.2. The van der Waals surface area contributed by atoms with E-state index in [1.165, 1.54) is 18.1 Å². The predicted molar refractivity (Wildman–Crippen MR) is 94.5 cm³/mol. The topological polar surface area (TPSA) is 82.6 Å². The minimum atomic E-state index is -1.18. The van der Waals surface area contributed by atoms with Crippen molar-refractivity contribution in [1.29, 1.82) is 0 Å². The second-order valence-corrected chi connectivity index (χ2v) is 5.93. The number of H-pyrrole nitrogens is 1. The Labute approximate surface area is 148 Å². The van der Waals surface area contributed by atoms with Crippen molar-refractivity contribution in [2.75, 3.05) is 14.2 Å². The standard InChI is InChI=1S/C19H17FN2O4/c1-22(19(25)26-2)10-11-3-5-12(6-4-11)16-9-14-15(18(23)24)7-13(20)8-17(14)21-16/h3-9,21H,10H2,1-2H3,(H,23,24). The zero-order chi connectivity index (χ0) is 18.8. The lowest BCUT2D eigenvalue weighted by atomic mass is 10.1. The summed E-state index contributed by atoms with van der Waals surface area (Å²) in [7, 11) is 2.96. The predicted octanol–water partition coefficient (Wildman–Crippen LogP) is 3.87. The second-order valence-electron chi connectivity index (χ2n) is 5.93. The molecule has 0 fully saturated rings. The summed E-state index contributed by atoms with van der Waals surface area (Å²) in [6.07, 6.45) is -0.423. The van der Waals surface area contributed by atoms with Crippen molar-refractivity contribution >= 4 is 23.0 Å². The molecule has 26 heavy (non-hydrogen) atoms. The number of hydrogen-bond acceptors (Lipinski definition) is 3. The van der Waals surface area contributed by atoms with E-state index in [1.54, 1.807) is 13.1 Å². The molecule has 7 heteroatoms. The molecule has 0 bridgehead atoms. The number of carbonyl (C=O) groups excluding carboxylic acids is 1. The van der Waals surface area contributed by atoms with Gasteiger partial charge in [-0.05, 0) is 29.3 Å². The largest absolute Gasteiger partial charge is 0.478 e. The molecule has 1 heterocycles. The Bertz CT molecular complexity index is 979. The van der Waals surface area contributed by atoms with E-state index < -0.39 is 17.9 Å². The number of aromatic amines is 1. The Morgan fingerprint density at radius 1 is 1.19 bits per heavy atom. The van der Waals surface area contributed by atoms with Gasteiger partial charge in [0.05, 0.1) is 12.7 Å². The molecular formula is C19H17FN2O4. The summed E-state index contributed by atoms with van der Waals surface area (Å²) in [5, 5.41) is 9.70. The number of methoxy groups -OCH3 is 1. The van der Waals surface area contributed by atoms with Crippen LogP contribution in [0, 0.1) is 5.82 Å². The van der Waals surface area contributed by atoms with Gasteiger partial charge in [0.15, 0.2) is 0 Å². The van der Waals surface area contributed by atoms with E-state index in [1.807, 2.05) is 24.3 Å². The molecular weight excluding hydrogens is 339 g/mol. The number of aromatic nitrogens is 1. The minimum Gasteiger partial charge on any atom is -0.478 e. The zero-order valence-electron chi connectivity index (χ0n) is 14.2. The Hall–Kier alpha value is -3.35. The van der Waals surface area contributed by atoms with Crippen LogP contribution in [0.3, 0.4) is 0 Å². The van der Waals surface area contributed by atoms with Crippen LogP contribution >= 0.6 is 0 Å². The van der Waals surface area contributed by atoms with E-state index in [0.717, 1.165) is 17.2 Å². The number of hydrogen-bond donors (Lipinski definition) is 2. The number of benzene rings is 2. The summed E-state index contributed by atoms with van der Waals surface area (Å²) in [4.78, 5) is 27.2. The molecule has 6 nitrogen and oxygen atoms in total. The smallest absolute Gasteiger partial charge is 0.409 e. The van der Waals surface area contributed by atoms with Gasteiger partial charge in [-0.1, -0.05) is 24.3 Å². The Morgan fingerprint density at radius 3 is 2.50 bits per heavy atom. The average Bonchev–Trinajstić information content (AvgIpc) is 3.04. The van der Waals surface area contributed by atoms with E-state index in [-0.39, 0.29) is 5.56 Å². The summed E-state index contributed by atoms with van der Waals surface area (Å²) in [5.41, 5.74) is 2.75. The lowest BCUT2D eigenvalue weighted by Gasteiger charge is -2.15. The number of ether oxygens (including phenoxy) is 1. The van der Waals surface area contributed by atoms with Gasteiger partial charge in [0, 0.05) is 30.2 Å². The summed E-state index contributed by atoms with van der Waals surface area (Å²) in [6.45, 7) is 0.397. The molecule has 3 rings (SSSR count). The van der Waals surface area contributed by atoms with Crippen molar-refractivity contribution in [2.24, 2.45) is 0 Å². The number of carbonyl (C=O) groups is 2. The highest BCUT2D eigenvalue weighted by Gasteiger charge is 2.14. The first kappa shape index (κ1) is 17.5. The van der Waals surface area contributed by atoms with Crippen LogP contribution in [0.4, 0.5) is 9.18 Å². The second kappa shape index (κ2) is 6.87.